The van der Waals surface area contributed by atoms with Crippen LogP contribution in [0.3, 0.4) is 0 Å². The van der Waals surface area contributed by atoms with Crippen LogP contribution in [0, 0.1) is 0 Å². The number of methoxy groups -OCH3 is 1. The van der Waals surface area contributed by atoms with Gasteiger partial charge in [-0.25, -0.2) is 4.79 Å². The van der Waals surface area contributed by atoms with Crippen molar-refractivity contribution in [1.82, 2.24) is 15.5 Å². The van der Waals surface area contributed by atoms with Crippen LogP contribution in [0.1, 0.15) is 67.9 Å². The summed E-state index contributed by atoms with van der Waals surface area (Å²) in [6.45, 7) is 3.62. The van der Waals surface area contributed by atoms with Crippen LogP contribution in [0.2, 0.25) is 0 Å². The minimum absolute atomic E-state index is 0.0276. The van der Waals surface area contributed by atoms with E-state index < -0.39 is 18.6 Å². The number of aromatic hydroxyl groups is 1. The number of aromatic nitrogens is 2. The number of carbonyl (C=O) groups is 3. The molecular weight excluding hydrogens is 456 g/mol. The van der Waals surface area contributed by atoms with E-state index in [0.717, 1.165) is 31.4 Å². The van der Waals surface area contributed by atoms with Crippen molar-refractivity contribution in [2.75, 3.05) is 19.0 Å². The maximum Gasteiger partial charge on any atom is 0.407 e. The van der Waals surface area contributed by atoms with Crippen molar-refractivity contribution in [3.05, 3.63) is 29.5 Å². The molecule has 11 nitrogen and oxygen atoms in total. The largest absolute Gasteiger partial charge is 0.507 e. The summed E-state index contributed by atoms with van der Waals surface area (Å²) in [4.78, 5) is 35.6. The molecule has 0 saturated heterocycles. The molecule has 0 unspecified atom stereocenters. The summed E-state index contributed by atoms with van der Waals surface area (Å²) in [6, 6.07) is 4.50. The second-order valence-electron chi connectivity index (χ2n) is 8.59. The van der Waals surface area contributed by atoms with Crippen molar-refractivity contribution in [3.8, 4) is 17.2 Å². The normalized spacial score (nSPS) is 17.9. The van der Waals surface area contributed by atoms with Gasteiger partial charge in [0.1, 0.15) is 23.4 Å². The Morgan fingerprint density at radius 3 is 2.83 bits per heavy atom. The molecule has 0 spiro atoms. The van der Waals surface area contributed by atoms with Gasteiger partial charge in [-0.05, 0) is 32.6 Å². The van der Waals surface area contributed by atoms with E-state index in [4.69, 9.17) is 14.2 Å². The molecule has 35 heavy (non-hydrogen) atoms. The van der Waals surface area contributed by atoms with Crippen LogP contribution in [0.15, 0.2) is 18.2 Å². The highest BCUT2D eigenvalue weighted by Gasteiger charge is 2.30. The summed E-state index contributed by atoms with van der Waals surface area (Å²) in [5.74, 6) is -0.0309. The molecule has 0 bridgehead atoms. The average molecular weight is 489 g/mol. The SMILES string of the molecule is CCC[C@H](C)NC(=O)O[C@@H]1CC[C@H](c2cc(NC(=O)COc3cc(OC)cc(O)c3C=O)n[nH]2)C1. The Bertz CT molecular complexity index is 1040. The number of anilines is 1. The number of phenols is 1. The zero-order valence-electron chi connectivity index (χ0n) is 20.1. The van der Waals surface area contributed by atoms with Crippen molar-refractivity contribution in [1.29, 1.82) is 0 Å². The fourth-order valence-corrected chi connectivity index (χ4v) is 4.10. The van der Waals surface area contributed by atoms with Crippen LogP contribution in [0.5, 0.6) is 17.2 Å². The summed E-state index contributed by atoms with van der Waals surface area (Å²) < 4.78 is 16.0. The fraction of sp³-hybridized carbons (Fsp3) is 0.500. The van der Waals surface area contributed by atoms with E-state index >= 15 is 0 Å². The molecule has 1 aromatic heterocycles. The monoisotopic (exact) mass is 488 g/mol. The smallest absolute Gasteiger partial charge is 0.407 e. The van der Waals surface area contributed by atoms with E-state index in [-0.39, 0.29) is 40.9 Å². The third kappa shape index (κ3) is 7.11. The second kappa shape index (κ2) is 12.1. The van der Waals surface area contributed by atoms with E-state index in [9.17, 15) is 19.5 Å². The molecular formula is C24H32N4O7. The van der Waals surface area contributed by atoms with Crippen LogP contribution < -0.4 is 20.1 Å². The molecule has 1 heterocycles. The van der Waals surface area contributed by atoms with Crippen molar-refractivity contribution in [3.63, 3.8) is 0 Å². The minimum atomic E-state index is -0.493. The van der Waals surface area contributed by atoms with E-state index in [2.05, 4.69) is 27.8 Å². The maximum absolute atomic E-state index is 12.3. The number of rotatable bonds is 11. The van der Waals surface area contributed by atoms with Crippen molar-refractivity contribution >= 4 is 24.1 Å². The molecule has 4 N–H and O–H groups in total. The van der Waals surface area contributed by atoms with Gasteiger partial charge in [0, 0.05) is 35.9 Å². The number of aldehydes is 1. The minimum Gasteiger partial charge on any atom is -0.507 e. The summed E-state index contributed by atoms with van der Waals surface area (Å²) in [7, 11) is 1.41. The lowest BCUT2D eigenvalue weighted by molar-refractivity contribution is -0.118. The van der Waals surface area contributed by atoms with Gasteiger partial charge >= 0.3 is 6.09 Å². The number of carbonyl (C=O) groups excluding carboxylic acids is 3. The number of aromatic amines is 1. The van der Waals surface area contributed by atoms with Gasteiger partial charge in [-0.15, -0.1) is 0 Å². The lowest BCUT2D eigenvalue weighted by Gasteiger charge is -2.16. The van der Waals surface area contributed by atoms with Gasteiger partial charge in [0.2, 0.25) is 0 Å². The van der Waals surface area contributed by atoms with Gasteiger partial charge in [0.15, 0.2) is 18.7 Å². The zero-order valence-corrected chi connectivity index (χ0v) is 20.1. The third-order valence-electron chi connectivity index (χ3n) is 5.86. The number of hydrogen-bond acceptors (Lipinski definition) is 8. The fourth-order valence-electron chi connectivity index (χ4n) is 4.10. The first-order valence-corrected chi connectivity index (χ1v) is 11.6. The Labute approximate surface area is 203 Å². The molecule has 2 amide bonds. The predicted molar refractivity (Wildman–Crippen MR) is 127 cm³/mol. The Morgan fingerprint density at radius 1 is 1.31 bits per heavy atom. The quantitative estimate of drug-likeness (QED) is 0.351. The van der Waals surface area contributed by atoms with Gasteiger partial charge in [0.05, 0.1) is 12.7 Å². The Hall–Kier alpha value is -3.76. The second-order valence-corrected chi connectivity index (χ2v) is 8.59. The molecule has 1 aliphatic carbocycles. The van der Waals surface area contributed by atoms with Gasteiger partial charge < -0.3 is 30.0 Å². The standard InChI is InChI=1S/C24H32N4O7/c1-4-5-14(2)25-24(32)35-16-7-6-15(8-16)19-11-22(28-27-19)26-23(31)13-34-21-10-17(33-3)9-20(30)18(21)12-29/h9-12,14-16,30H,4-8,13H2,1-3H3,(H,25,32)(H2,26,27,28,31)/t14-,15-,16+/m0/s1. The van der Waals surface area contributed by atoms with Crippen LogP contribution >= 0.6 is 0 Å². The first kappa shape index (κ1) is 25.9. The summed E-state index contributed by atoms with van der Waals surface area (Å²) in [6.07, 6.45) is 4.01. The molecule has 3 rings (SSSR count). The number of ether oxygens (including phenoxy) is 3. The van der Waals surface area contributed by atoms with Crippen LogP contribution in [0.4, 0.5) is 10.6 Å². The number of nitrogens with zero attached hydrogens (tertiary/aromatic N) is 1. The van der Waals surface area contributed by atoms with E-state index in [1.54, 1.807) is 6.07 Å². The first-order valence-electron chi connectivity index (χ1n) is 11.6. The molecule has 2 aromatic rings. The number of hydrogen-bond donors (Lipinski definition) is 4. The van der Waals surface area contributed by atoms with Gasteiger partial charge in [-0.3, -0.25) is 14.7 Å². The Kier molecular flexibility index (Phi) is 8.93. The molecule has 1 fully saturated rings. The molecule has 3 atom stereocenters. The lowest BCUT2D eigenvalue weighted by Crippen LogP contribution is -2.34. The van der Waals surface area contributed by atoms with Crippen molar-refractivity contribution in [2.45, 2.75) is 64.0 Å². The summed E-state index contributed by atoms with van der Waals surface area (Å²) in [5.41, 5.74) is 0.764. The molecule has 1 aromatic carbocycles. The molecule has 0 aliphatic heterocycles. The maximum atomic E-state index is 12.3. The molecule has 1 saturated carbocycles. The van der Waals surface area contributed by atoms with E-state index in [1.807, 2.05) is 6.92 Å². The lowest BCUT2D eigenvalue weighted by atomic mass is 10.0. The summed E-state index contributed by atoms with van der Waals surface area (Å²) in [5, 5.41) is 22.4. The molecule has 0 radical (unpaired) electrons. The van der Waals surface area contributed by atoms with Gasteiger partial charge in [-0.2, -0.15) is 5.10 Å². The van der Waals surface area contributed by atoms with Crippen LogP contribution in [-0.4, -0.2) is 59.5 Å². The van der Waals surface area contributed by atoms with E-state index in [0.29, 0.717) is 18.5 Å². The van der Waals surface area contributed by atoms with Crippen LogP contribution in [-0.2, 0) is 9.53 Å². The molecule has 190 valence electrons. The van der Waals surface area contributed by atoms with E-state index in [1.165, 1.54) is 19.2 Å². The number of alkyl carbamates (subject to hydrolysis) is 1. The van der Waals surface area contributed by atoms with Crippen LogP contribution in [0.25, 0.3) is 0 Å². The number of phenolic OH excluding ortho intramolecular Hbond substituents is 1. The van der Waals surface area contributed by atoms with Gasteiger partial charge in [0.25, 0.3) is 5.91 Å². The topological polar surface area (TPSA) is 152 Å². The van der Waals surface area contributed by atoms with Gasteiger partial charge in [-0.1, -0.05) is 13.3 Å². The first-order chi connectivity index (χ1) is 16.8. The Balaban J connectivity index is 1.49. The third-order valence-corrected chi connectivity index (χ3v) is 5.86. The molecule has 1 aliphatic rings. The zero-order chi connectivity index (χ0) is 25.4. The number of H-pyrrole nitrogens is 1. The highest BCUT2D eigenvalue weighted by atomic mass is 16.6. The number of amides is 2. The average Bonchev–Trinajstić information content (AvgIpc) is 3.46. The highest BCUT2D eigenvalue weighted by Crippen LogP contribution is 2.36. The van der Waals surface area contributed by atoms with Crippen molar-refractivity contribution in [2.24, 2.45) is 0 Å². The predicted octanol–water partition coefficient (Wildman–Crippen LogP) is 3.50. The van der Waals surface area contributed by atoms with Crippen molar-refractivity contribution < 1.29 is 33.7 Å². The number of nitrogens with one attached hydrogen (secondary N) is 3. The summed E-state index contributed by atoms with van der Waals surface area (Å²) >= 11 is 0. The molecule has 11 heteroatoms. The highest BCUT2D eigenvalue weighted by molar-refractivity contribution is 5.91. The Morgan fingerprint density at radius 2 is 2.11 bits per heavy atom. The number of benzene rings is 1.